The fourth-order valence-electron chi connectivity index (χ4n) is 3.05. The van der Waals surface area contributed by atoms with Crippen LogP contribution in [-0.4, -0.2) is 45.7 Å². The smallest absolute Gasteiger partial charge is 0.240 e. The van der Waals surface area contributed by atoms with Crippen molar-refractivity contribution in [1.82, 2.24) is 9.62 Å². The van der Waals surface area contributed by atoms with Gasteiger partial charge in [0.15, 0.2) is 0 Å². The molecule has 136 valence electrons. The summed E-state index contributed by atoms with van der Waals surface area (Å²) in [6.07, 6.45) is 0. The second kappa shape index (κ2) is 7.92. The molecular formula is C17H21FN2O3S2. The lowest BCUT2D eigenvalue weighted by Crippen LogP contribution is -2.48. The van der Waals surface area contributed by atoms with Crippen molar-refractivity contribution >= 4 is 21.4 Å². The summed E-state index contributed by atoms with van der Waals surface area (Å²) in [5, 5.41) is 1.99. The second-order valence-corrected chi connectivity index (χ2v) is 8.67. The van der Waals surface area contributed by atoms with Gasteiger partial charge >= 0.3 is 0 Å². The van der Waals surface area contributed by atoms with Crippen LogP contribution in [0, 0.1) is 5.82 Å². The Bertz CT molecular complexity index is 773. The predicted molar refractivity (Wildman–Crippen MR) is 95.6 cm³/mol. The number of nitrogens with one attached hydrogen (secondary N) is 1. The van der Waals surface area contributed by atoms with E-state index in [0.29, 0.717) is 13.2 Å². The highest BCUT2D eigenvalue weighted by Crippen LogP contribution is 2.29. The van der Waals surface area contributed by atoms with Crippen molar-refractivity contribution < 1.29 is 17.5 Å². The van der Waals surface area contributed by atoms with E-state index >= 15 is 0 Å². The number of hydrogen-bond donors (Lipinski definition) is 1. The number of sulfonamides is 1. The first kappa shape index (κ1) is 18.5. The minimum atomic E-state index is -3.72. The quantitative estimate of drug-likeness (QED) is 0.832. The molecule has 5 nitrogen and oxygen atoms in total. The minimum Gasteiger partial charge on any atom is -0.379 e. The van der Waals surface area contributed by atoms with E-state index in [4.69, 9.17) is 4.74 Å². The van der Waals surface area contributed by atoms with Crippen LogP contribution in [0.5, 0.6) is 0 Å². The Hall–Kier alpha value is -1.32. The molecule has 1 aromatic carbocycles. The molecule has 1 aromatic heterocycles. The molecule has 0 bridgehead atoms. The van der Waals surface area contributed by atoms with Gasteiger partial charge in [-0.3, -0.25) is 4.90 Å². The first-order valence-electron chi connectivity index (χ1n) is 8.10. The number of benzene rings is 1. The Morgan fingerprint density at radius 1 is 1.20 bits per heavy atom. The minimum absolute atomic E-state index is 0.0626. The molecule has 1 aliphatic heterocycles. The fraction of sp³-hybridized carbons (Fsp3) is 0.412. The fourth-order valence-corrected chi connectivity index (χ4v) is 5.26. The van der Waals surface area contributed by atoms with E-state index in [-0.39, 0.29) is 17.0 Å². The molecule has 3 rings (SSSR count). The average molecular weight is 384 g/mol. The van der Waals surface area contributed by atoms with Crippen LogP contribution in [0.2, 0.25) is 0 Å². The number of ether oxygens (including phenoxy) is 1. The standard InChI is InChI=1S/C17H21FN2O3S2/c1-13(19-25(21,22)15-6-4-14(18)5-7-15)17(16-3-2-12-24-16)20-8-10-23-11-9-20/h2-7,12-13,17,19H,8-11H2,1H3/t13-,17+/m1/s1. The van der Waals surface area contributed by atoms with Crippen LogP contribution in [0.1, 0.15) is 17.8 Å². The molecule has 1 fully saturated rings. The van der Waals surface area contributed by atoms with Crippen LogP contribution < -0.4 is 4.72 Å². The largest absolute Gasteiger partial charge is 0.379 e. The summed E-state index contributed by atoms with van der Waals surface area (Å²) in [7, 11) is -3.72. The number of hydrogen-bond acceptors (Lipinski definition) is 5. The summed E-state index contributed by atoms with van der Waals surface area (Å²) in [4.78, 5) is 3.41. The second-order valence-electron chi connectivity index (χ2n) is 5.97. The number of rotatable bonds is 6. The van der Waals surface area contributed by atoms with Crippen LogP contribution in [0.3, 0.4) is 0 Å². The normalized spacial score (nSPS) is 18.8. The van der Waals surface area contributed by atoms with Crippen LogP contribution in [-0.2, 0) is 14.8 Å². The molecule has 2 atom stereocenters. The molecule has 0 spiro atoms. The Kier molecular flexibility index (Phi) is 5.85. The Morgan fingerprint density at radius 2 is 1.88 bits per heavy atom. The van der Waals surface area contributed by atoms with Crippen molar-refractivity contribution in [3.05, 3.63) is 52.5 Å². The molecule has 0 saturated carbocycles. The van der Waals surface area contributed by atoms with E-state index in [9.17, 15) is 12.8 Å². The number of morpholine rings is 1. The van der Waals surface area contributed by atoms with Gasteiger partial charge in [0.1, 0.15) is 5.82 Å². The molecule has 0 unspecified atom stereocenters. The van der Waals surface area contributed by atoms with Crippen LogP contribution >= 0.6 is 11.3 Å². The summed E-state index contributed by atoms with van der Waals surface area (Å²) < 4.78 is 46.5. The monoisotopic (exact) mass is 384 g/mol. The first-order valence-corrected chi connectivity index (χ1v) is 10.5. The molecular weight excluding hydrogens is 363 g/mol. The van der Waals surface area contributed by atoms with Gasteiger partial charge in [0.2, 0.25) is 10.0 Å². The molecule has 2 aromatic rings. The summed E-state index contributed by atoms with van der Waals surface area (Å²) in [5.41, 5.74) is 0. The van der Waals surface area contributed by atoms with E-state index in [2.05, 4.69) is 9.62 Å². The lowest BCUT2D eigenvalue weighted by molar-refractivity contribution is 0.0113. The van der Waals surface area contributed by atoms with Crippen LogP contribution in [0.25, 0.3) is 0 Å². The van der Waals surface area contributed by atoms with E-state index < -0.39 is 15.8 Å². The Labute approximate surface area is 151 Å². The zero-order chi connectivity index (χ0) is 17.9. The highest BCUT2D eigenvalue weighted by atomic mass is 32.2. The van der Waals surface area contributed by atoms with E-state index in [0.717, 1.165) is 30.1 Å². The maximum Gasteiger partial charge on any atom is 0.240 e. The lowest BCUT2D eigenvalue weighted by atomic mass is 10.1. The van der Waals surface area contributed by atoms with Crippen LogP contribution in [0.4, 0.5) is 4.39 Å². The summed E-state index contributed by atoms with van der Waals surface area (Å²) in [6, 6.07) is 8.43. The lowest BCUT2D eigenvalue weighted by Gasteiger charge is -2.37. The van der Waals surface area contributed by atoms with Gasteiger partial charge in [0.25, 0.3) is 0 Å². The van der Waals surface area contributed by atoms with Crippen molar-refractivity contribution in [2.24, 2.45) is 0 Å². The summed E-state index contributed by atoms with van der Waals surface area (Å²) >= 11 is 1.61. The SMILES string of the molecule is C[C@@H](NS(=O)(=O)c1ccc(F)cc1)[C@@H](c1cccs1)N1CCOCC1. The zero-order valence-corrected chi connectivity index (χ0v) is 15.5. The molecule has 8 heteroatoms. The predicted octanol–water partition coefficient (Wildman–Crippen LogP) is 2.63. The van der Waals surface area contributed by atoms with Gasteiger partial charge < -0.3 is 4.74 Å². The van der Waals surface area contributed by atoms with Gasteiger partial charge in [0, 0.05) is 24.0 Å². The molecule has 1 saturated heterocycles. The topological polar surface area (TPSA) is 58.6 Å². The number of nitrogens with zero attached hydrogens (tertiary/aromatic N) is 1. The molecule has 1 N–H and O–H groups in total. The van der Waals surface area contributed by atoms with Crippen molar-refractivity contribution in [1.29, 1.82) is 0 Å². The third kappa shape index (κ3) is 4.45. The van der Waals surface area contributed by atoms with Gasteiger partial charge in [-0.25, -0.2) is 17.5 Å². The van der Waals surface area contributed by atoms with Gasteiger partial charge in [-0.2, -0.15) is 0 Å². The van der Waals surface area contributed by atoms with Gasteiger partial charge in [-0.1, -0.05) is 6.07 Å². The number of thiophene rings is 1. The number of halogens is 1. The molecule has 2 heterocycles. The van der Waals surface area contributed by atoms with E-state index in [1.54, 1.807) is 11.3 Å². The first-order chi connectivity index (χ1) is 12.0. The molecule has 25 heavy (non-hydrogen) atoms. The third-order valence-corrected chi connectivity index (χ3v) is 6.73. The average Bonchev–Trinajstić information content (AvgIpc) is 3.10. The highest BCUT2D eigenvalue weighted by molar-refractivity contribution is 7.89. The molecule has 0 aliphatic carbocycles. The van der Waals surface area contributed by atoms with Gasteiger partial charge in [-0.15, -0.1) is 11.3 Å². The zero-order valence-electron chi connectivity index (χ0n) is 13.9. The summed E-state index contributed by atoms with van der Waals surface area (Å²) in [5.74, 6) is -0.461. The van der Waals surface area contributed by atoms with Crippen molar-refractivity contribution in [3.8, 4) is 0 Å². The molecule has 0 amide bonds. The van der Waals surface area contributed by atoms with Crippen molar-refractivity contribution in [2.75, 3.05) is 26.3 Å². The van der Waals surface area contributed by atoms with Gasteiger partial charge in [0.05, 0.1) is 24.2 Å². The van der Waals surface area contributed by atoms with Crippen molar-refractivity contribution in [2.45, 2.75) is 23.9 Å². The van der Waals surface area contributed by atoms with Crippen molar-refractivity contribution in [3.63, 3.8) is 0 Å². The Morgan fingerprint density at radius 3 is 2.48 bits per heavy atom. The van der Waals surface area contributed by atoms with E-state index in [1.165, 1.54) is 12.1 Å². The molecule has 1 aliphatic rings. The maximum atomic E-state index is 13.1. The third-order valence-electron chi connectivity index (χ3n) is 4.21. The highest BCUT2D eigenvalue weighted by Gasteiger charge is 2.31. The maximum absolute atomic E-state index is 13.1. The molecule has 0 radical (unpaired) electrons. The van der Waals surface area contributed by atoms with E-state index in [1.807, 2.05) is 24.4 Å². The summed E-state index contributed by atoms with van der Waals surface area (Å²) in [6.45, 7) is 4.65. The van der Waals surface area contributed by atoms with Gasteiger partial charge in [-0.05, 0) is 42.6 Å². The van der Waals surface area contributed by atoms with Crippen LogP contribution in [0.15, 0.2) is 46.7 Å². The Balaban J connectivity index is 1.82.